The molecule has 1 aliphatic carbocycles. The number of pyridine rings is 1. The SMILES string of the molecule is CC(C)C1=C2[C@@H](CC/C(=C/c3ccc(O)cc3)c3ccccn3)OB(O)C[C@@H]2[C@@H]2C(=O)N(CCCCCC(=O)O)C(=O)[C@@H]2C1. The van der Waals surface area contributed by atoms with Gasteiger partial charge in [-0.25, -0.2) is 0 Å². The molecule has 0 spiro atoms. The van der Waals surface area contributed by atoms with E-state index in [0.717, 1.165) is 28.0 Å². The molecule has 2 fully saturated rings. The van der Waals surface area contributed by atoms with Crippen LogP contribution < -0.4 is 0 Å². The molecule has 9 nitrogen and oxygen atoms in total. The standard InChI is InChI=1S/C34H41BN2O7/c1-21(2)25-19-26-32(34(42)37(33(26)41)17-7-3-4-9-30(39)40)27-20-35(43)44-29(31(25)27)15-12-23(28-8-5-6-16-36-28)18-22-10-13-24(38)14-11-22/h5-6,8,10-11,13-14,16,18,21,26-27,29,32,38,43H,3-4,7,9,12,15,17,19-20H2,1-2H3,(H,39,40)/b23-18-/t26-,27+,29-,32-/m1/s1. The summed E-state index contributed by atoms with van der Waals surface area (Å²) in [5.74, 6) is -2.10. The van der Waals surface area contributed by atoms with Gasteiger partial charge in [-0.3, -0.25) is 24.3 Å². The number of benzene rings is 1. The Morgan fingerprint density at radius 3 is 2.52 bits per heavy atom. The van der Waals surface area contributed by atoms with Crippen LogP contribution in [0.25, 0.3) is 11.6 Å². The van der Waals surface area contributed by atoms with Crippen molar-refractivity contribution in [2.75, 3.05) is 6.54 Å². The average Bonchev–Trinajstić information content (AvgIpc) is 3.24. The predicted molar refractivity (Wildman–Crippen MR) is 167 cm³/mol. The number of hydrogen-bond acceptors (Lipinski definition) is 7. The number of fused-ring (bicyclic) bond motifs is 3. The Balaban J connectivity index is 1.39. The number of amides is 2. The molecule has 2 saturated heterocycles. The number of carbonyl (C=O) groups is 3. The Bertz CT molecular complexity index is 1420. The van der Waals surface area contributed by atoms with Gasteiger partial charge < -0.3 is 19.9 Å². The van der Waals surface area contributed by atoms with Crippen LogP contribution in [-0.2, 0) is 19.0 Å². The van der Waals surface area contributed by atoms with Crippen LogP contribution in [0.15, 0.2) is 59.8 Å². The molecule has 0 bridgehead atoms. The highest BCUT2D eigenvalue weighted by atomic mass is 16.5. The van der Waals surface area contributed by atoms with Crippen LogP contribution in [0.3, 0.4) is 0 Å². The Kier molecular flexibility index (Phi) is 10.0. The number of phenolic OH excluding ortho intramolecular Hbond substituents is 1. The summed E-state index contributed by atoms with van der Waals surface area (Å²) in [5.41, 5.74) is 4.93. The van der Waals surface area contributed by atoms with E-state index >= 15 is 0 Å². The molecule has 1 aromatic heterocycles. The molecular weight excluding hydrogens is 559 g/mol. The average molecular weight is 601 g/mol. The van der Waals surface area contributed by atoms with Crippen LogP contribution >= 0.6 is 0 Å². The lowest BCUT2D eigenvalue weighted by molar-refractivity contribution is -0.141. The van der Waals surface area contributed by atoms with E-state index in [1.165, 1.54) is 4.90 Å². The zero-order valence-corrected chi connectivity index (χ0v) is 25.4. The van der Waals surface area contributed by atoms with Gasteiger partial charge in [-0.15, -0.1) is 0 Å². The first kappa shape index (κ1) is 31.7. The lowest BCUT2D eigenvalue weighted by Crippen LogP contribution is -2.46. The molecule has 5 rings (SSSR count). The van der Waals surface area contributed by atoms with Gasteiger partial charge in [0, 0.05) is 19.2 Å². The number of unbranched alkanes of at least 4 members (excludes halogenated alkanes) is 2. The largest absolute Gasteiger partial charge is 0.508 e. The van der Waals surface area contributed by atoms with Gasteiger partial charge in [0.25, 0.3) is 0 Å². The van der Waals surface area contributed by atoms with Crippen LogP contribution in [0, 0.1) is 23.7 Å². The zero-order valence-electron chi connectivity index (χ0n) is 25.4. The van der Waals surface area contributed by atoms with Crippen molar-refractivity contribution in [3.8, 4) is 5.75 Å². The Labute approximate surface area is 258 Å². The quantitative estimate of drug-likeness (QED) is 0.131. The molecule has 2 aliphatic heterocycles. The first-order valence-corrected chi connectivity index (χ1v) is 15.7. The van der Waals surface area contributed by atoms with Crippen LogP contribution in [0.4, 0.5) is 0 Å². The minimum Gasteiger partial charge on any atom is -0.508 e. The number of imide groups is 1. The molecule has 2 amide bonds. The molecule has 10 heteroatoms. The molecule has 2 aromatic rings. The number of aromatic hydroxyl groups is 1. The summed E-state index contributed by atoms with van der Waals surface area (Å²) in [6.45, 7) is 4.50. The number of allylic oxidation sites excluding steroid dienone is 2. The third-order valence-electron chi connectivity index (χ3n) is 9.21. The fourth-order valence-electron chi connectivity index (χ4n) is 7.14. The lowest BCUT2D eigenvalue weighted by Gasteiger charge is -2.44. The Hall–Kier alpha value is -3.76. The number of hydrogen-bond donors (Lipinski definition) is 3. The molecule has 4 atom stereocenters. The van der Waals surface area contributed by atoms with Crippen LogP contribution in [-0.4, -0.2) is 62.7 Å². The van der Waals surface area contributed by atoms with Crippen LogP contribution in [0.5, 0.6) is 5.75 Å². The van der Waals surface area contributed by atoms with Crippen molar-refractivity contribution in [2.45, 2.75) is 71.2 Å². The molecule has 0 radical (unpaired) electrons. The van der Waals surface area contributed by atoms with Gasteiger partial charge in [-0.1, -0.05) is 44.0 Å². The third-order valence-corrected chi connectivity index (χ3v) is 9.21. The number of likely N-dealkylation sites (tertiary alicyclic amines) is 1. The maximum atomic E-state index is 13.8. The van der Waals surface area contributed by atoms with Crippen LogP contribution in [0.1, 0.15) is 70.1 Å². The lowest BCUT2D eigenvalue weighted by atomic mass is 9.57. The van der Waals surface area contributed by atoms with Crippen molar-refractivity contribution in [3.05, 3.63) is 71.1 Å². The Morgan fingerprint density at radius 1 is 1.07 bits per heavy atom. The van der Waals surface area contributed by atoms with Gasteiger partial charge in [0.2, 0.25) is 11.8 Å². The van der Waals surface area contributed by atoms with Gasteiger partial charge >= 0.3 is 13.1 Å². The van der Waals surface area contributed by atoms with Crippen LogP contribution in [0.2, 0.25) is 6.32 Å². The van der Waals surface area contributed by atoms with Gasteiger partial charge in [0.1, 0.15) is 5.75 Å². The first-order valence-electron chi connectivity index (χ1n) is 15.7. The molecular formula is C34H41BN2O7. The summed E-state index contributed by atoms with van der Waals surface area (Å²) in [5, 5.41) is 29.6. The van der Waals surface area contributed by atoms with Crippen molar-refractivity contribution in [1.82, 2.24) is 9.88 Å². The first-order chi connectivity index (χ1) is 21.1. The highest BCUT2D eigenvalue weighted by molar-refractivity contribution is 6.43. The minimum atomic E-state index is -1.05. The number of carboxylic acid groups (broad SMARTS) is 1. The fourth-order valence-corrected chi connectivity index (χ4v) is 7.14. The van der Waals surface area contributed by atoms with Crippen molar-refractivity contribution < 1.29 is 34.3 Å². The summed E-state index contributed by atoms with van der Waals surface area (Å²) < 4.78 is 6.20. The number of carbonyl (C=O) groups excluding carboxylic acids is 2. The summed E-state index contributed by atoms with van der Waals surface area (Å²) in [4.78, 5) is 44.1. The summed E-state index contributed by atoms with van der Waals surface area (Å²) in [6, 6.07) is 12.7. The van der Waals surface area contributed by atoms with E-state index in [9.17, 15) is 24.5 Å². The van der Waals surface area contributed by atoms with Gasteiger partial charge in [0.15, 0.2) is 0 Å². The summed E-state index contributed by atoms with van der Waals surface area (Å²) >= 11 is 0. The predicted octanol–water partition coefficient (Wildman–Crippen LogP) is 5.21. The molecule has 1 aromatic carbocycles. The van der Waals surface area contributed by atoms with Crippen molar-refractivity contribution >= 4 is 36.6 Å². The highest BCUT2D eigenvalue weighted by Crippen LogP contribution is 2.52. The summed E-state index contributed by atoms with van der Waals surface area (Å²) in [6.07, 6.45) is 7.10. The van der Waals surface area contributed by atoms with Crippen molar-refractivity contribution in [2.24, 2.45) is 23.7 Å². The van der Waals surface area contributed by atoms with E-state index in [0.29, 0.717) is 45.1 Å². The van der Waals surface area contributed by atoms with E-state index in [1.54, 1.807) is 18.3 Å². The number of rotatable bonds is 12. The number of aliphatic carboxylic acids is 1. The maximum absolute atomic E-state index is 13.8. The van der Waals surface area contributed by atoms with Crippen molar-refractivity contribution in [1.29, 1.82) is 0 Å². The van der Waals surface area contributed by atoms with E-state index in [1.807, 2.05) is 36.4 Å². The van der Waals surface area contributed by atoms with E-state index < -0.39 is 31.0 Å². The fraction of sp³-hybridized carbons (Fsp3) is 0.471. The normalized spacial score (nSPS) is 23.8. The second kappa shape index (κ2) is 13.9. The third kappa shape index (κ3) is 6.97. The molecule has 3 N–H and O–H groups in total. The Morgan fingerprint density at radius 2 is 1.84 bits per heavy atom. The second-order valence-corrected chi connectivity index (χ2v) is 12.4. The smallest absolute Gasteiger partial charge is 0.455 e. The molecule has 3 heterocycles. The van der Waals surface area contributed by atoms with Gasteiger partial charge in [-0.05, 0) is 97.3 Å². The minimum absolute atomic E-state index is 0.0751. The number of carboxylic acids is 1. The molecule has 44 heavy (non-hydrogen) atoms. The van der Waals surface area contributed by atoms with E-state index in [4.69, 9.17) is 9.76 Å². The van der Waals surface area contributed by atoms with E-state index in [-0.39, 0.29) is 42.1 Å². The second-order valence-electron chi connectivity index (χ2n) is 12.4. The van der Waals surface area contributed by atoms with Gasteiger partial charge in [0.05, 0.1) is 23.6 Å². The van der Waals surface area contributed by atoms with Crippen molar-refractivity contribution in [3.63, 3.8) is 0 Å². The number of nitrogens with zero attached hydrogens (tertiary/aromatic N) is 2. The molecule has 0 saturated carbocycles. The number of aromatic nitrogens is 1. The molecule has 0 unspecified atom stereocenters. The maximum Gasteiger partial charge on any atom is 0.455 e. The summed E-state index contributed by atoms with van der Waals surface area (Å²) in [7, 11) is -1.05. The topological polar surface area (TPSA) is 137 Å². The molecule has 3 aliphatic rings. The monoisotopic (exact) mass is 600 g/mol. The number of phenols is 1. The molecule has 232 valence electrons. The highest BCUT2D eigenvalue weighted by Gasteiger charge is 2.57. The van der Waals surface area contributed by atoms with E-state index in [2.05, 4.69) is 18.8 Å². The zero-order chi connectivity index (χ0) is 31.4. The van der Waals surface area contributed by atoms with Gasteiger partial charge in [-0.2, -0.15) is 0 Å².